The minimum Gasteiger partial charge on any atom is -0.316 e. The van der Waals surface area contributed by atoms with Crippen molar-refractivity contribution in [2.24, 2.45) is 0 Å². The van der Waals surface area contributed by atoms with Gasteiger partial charge >= 0.3 is 6.03 Å². The fraction of sp³-hybridized carbons (Fsp3) is 0.0909. The topological polar surface area (TPSA) is 52.7 Å². The average molecular weight is 389 g/mol. The first-order valence-electron chi connectivity index (χ1n) is 8.86. The summed E-state index contributed by atoms with van der Waals surface area (Å²) in [4.78, 5) is 30.0. The van der Waals surface area contributed by atoms with Crippen molar-refractivity contribution in [3.8, 4) is 0 Å². The predicted octanol–water partition coefficient (Wildman–Crippen LogP) is 5.50. The van der Waals surface area contributed by atoms with Crippen LogP contribution in [0.25, 0.3) is 0 Å². The van der Waals surface area contributed by atoms with Crippen molar-refractivity contribution in [2.45, 2.75) is 16.7 Å². The Kier molecular flexibility index (Phi) is 4.79. The van der Waals surface area contributed by atoms with Gasteiger partial charge in [-0.1, -0.05) is 36.0 Å². The van der Waals surface area contributed by atoms with Crippen molar-refractivity contribution >= 4 is 46.4 Å². The summed E-state index contributed by atoms with van der Waals surface area (Å²) in [6, 6.07) is 22.7. The molecule has 0 aromatic heterocycles. The minimum atomic E-state index is -0.229. The zero-order chi connectivity index (χ0) is 19.7. The molecule has 3 aromatic carbocycles. The van der Waals surface area contributed by atoms with E-state index in [9.17, 15) is 9.59 Å². The van der Waals surface area contributed by atoms with Gasteiger partial charge in [0, 0.05) is 35.1 Å². The van der Waals surface area contributed by atoms with Crippen molar-refractivity contribution in [1.29, 1.82) is 0 Å². The van der Waals surface area contributed by atoms with Crippen molar-refractivity contribution in [1.82, 2.24) is 0 Å². The molecule has 1 aliphatic rings. The number of benzene rings is 3. The molecule has 1 heterocycles. The lowest BCUT2D eigenvalue weighted by atomic mass is 10.2. The van der Waals surface area contributed by atoms with Crippen LogP contribution in [0.4, 0.5) is 27.5 Å². The fourth-order valence-corrected chi connectivity index (χ4v) is 4.11. The molecule has 0 unspecified atom stereocenters. The molecule has 0 radical (unpaired) electrons. The summed E-state index contributed by atoms with van der Waals surface area (Å²) >= 11 is 1.66. The molecule has 4 rings (SSSR count). The Morgan fingerprint density at radius 3 is 1.93 bits per heavy atom. The third kappa shape index (κ3) is 3.34. The van der Waals surface area contributed by atoms with Gasteiger partial charge in [-0.05, 0) is 48.5 Å². The van der Waals surface area contributed by atoms with E-state index in [-0.39, 0.29) is 11.9 Å². The van der Waals surface area contributed by atoms with E-state index in [1.165, 1.54) is 6.92 Å². The average Bonchev–Trinajstić information content (AvgIpc) is 2.71. The number of hydrogen-bond acceptors (Lipinski definition) is 3. The maximum absolute atomic E-state index is 13.2. The number of rotatable bonds is 2. The molecule has 0 bridgehead atoms. The Morgan fingerprint density at radius 2 is 1.39 bits per heavy atom. The van der Waals surface area contributed by atoms with Crippen LogP contribution in [0.3, 0.4) is 0 Å². The van der Waals surface area contributed by atoms with Crippen LogP contribution in [-0.2, 0) is 4.79 Å². The monoisotopic (exact) mass is 389 g/mol. The molecule has 0 saturated heterocycles. The molecular weight excluding hydrogens is 370 g/mol. The van der Waals surface area contributed by atoms with Gasteiger partial charge in [-0.15, -0.1) is 0 Å². The van der Waals surface area contributed by atoms with E-state index < -0.39 is 0 Å². The van der Waals surface area contributed by atoms with Gasteiger partial charge in [-0.2, -0.15) is 0 Å². The molecule has 3 amide bonds. The van der Waals surface area contributed by atoms with E-state index >= 15 is 0 Å². The Balaban J connectivity index is 1.63. The number of anilines is 4. The predicted molar refractivity (Wildman–Crippen MR) is 114 cm³/mol. The van der Waals surface area contributed by atoms with E-state index in [1.807, 2.05) is 60.7 Å². The van der Waals surface area contributed by atoms with E-state index in [0.717, 1.165) is 26.9 Å². The van der Waals surface area contributed by atoms with Crippen LogP contribution < -0.4 is 15.1 Å². The van der Waals surface area contributed by atoms with Crippen LogP contribution in [0.5, 0.6) is 0 Å². The number of amides is 3. The molecule has 6 heteroatoms. The van der Waals surface area contributed by atoms with Gasteiger partial charge in [0.05, 0.1) is 11.4 Å². The highest BCUT2D eigenvalue weighted by Gasteiger charge is 2.27. The molecule has 1 aliphatic heterocycles. The van der Waals surface area contributed by atoms with Crippen molar-refractivity contribution < 1.29 is 9.59 Å². The maximum Gasteiger partial charge on any atom is 0.331 e. The van der Waals surface area contributed by atoms with Crippen molar-refractivity contribution in [3.63, 3.8) is 0 Å². The van der Waals surface area contributed by atoms with Crippen molar-refractivity contribution in [3.05, 3.63) is 72.8 Å². The smallest absolute Gasteiger partial charge is 0.316 e. The molecule has 0 saturated carbocycles. The van der Waals surface area contributed by atoms with E-state index in [0.29, 0.717) is 5.69 Å². The quantitative estimate of drug-likeness (QED) is 0.629. The molecule has 0 fully saturated rings. The Morgan fingerprint density at radius 1 is 0.857 bits per heavy atom. The largest absolute Gasteiger partial charge is 0.331 e. The highest BCUT2D eigenvalue weighted by Crippen LogP contribution is 2.48. The van der Waals surface area contributed by atoms with Gasteiger partial charge in [0.2, 0.25) is 5.91 Å². The van der Waals surface area contributed by atoms with Crippen LogP contribution in [0.2, 0.25) is 0 Å². The second-order valence-corrected chi connectivity index (χ2v) is 7.51. The van der Waals surface area contributed by atoms with Gasteiger partial charge in [-0.3, -0.25) is 9.69 Å². The van der Waals surface area contributed by atoms with Crippen LogP contribution in [0.15, 0.2) is 82.6 Å². The number of hydrogen-bond donors (Lipinski definition) is 1. The summed E-state index contributed by atoms with van der Waals surface area (Å²) in [7, 11) is 1.72. The minimum absolute atomic E-state index is 0.0455. The van der Waals surface area contributed by atoms with Crippen LogP contribution in [0, 0.1) is 0 Å². The molecule has 0 aliphatic carbocycles. The lowest BCUT2D eigenvalue weighted by Gasteiger charge is -2.31. The number of para-hydroxylation sites is 2. The SMILES string of the molecule is CC(=O)N(C)c1ccc(NC(=O)N2c3ccccc3Sc3ccccc32)cc1. The van der Waals surface area contributed by atoms with Gasteiger partial charge in [0.1, 0.15) is 0 Å². The van der Waals surface area contributed by atoms with Crippen LogP contribution in [0.1, 0.15) is 6.92 Å². The summed E-state index contributed by atoms with van der Waals surface area (Å²) in [6.07, 6.45) is 0. The lowest BCUT2D eigenvalue weighted by molar-refractivity contribution is -0.116. The number of nitrogens with one attached hydrogen (secondary N) is 1. The Labute approximate surface area is 168 Å². The van der Waals surface area contributed by atoms with Gasteiger partial charge < -0.3 is 10.2 Å². The molecule has 28 heavy (non-hydrogen) atoms. The summed E-state index contributed by atoms with van der Waals surface area (Å²) in [5, 5.41) is 2.96. The second kappa shape index (κ2) is 7.40. The standard InChI is InChI=1S/C22H19N3O2S/c1-15(26)24(2)17-13-11-16(12-14-17)23-22(27)25-18-7-3-5-9-20(18)28-21-10-6-4-8-19(21)25/h3-14H,1-2H3,(H,23,27). The number of fused-ring (bicyclic) bond motifs is 2. The highest BCUT2D eigenvalue weighted by atomic mass is 32.2. The summed E-state index contributed by atoms with van der Waals surface area (Å²) < 4.78 is 0. The highest BCUT2D eigenvalue weighted by molar-refractivity contribution is 7.99. The molecule has 140 valence electrons. The van der Waals surface area contributed by atoms with Gasteiger partial charge in [0.15, 0.2) is 0 Å². The van der Waals surface area contributed by atoms with Crippen LogP contribution >= 0.6 is 11.8 Å². The first-order chi connectivity index (χ1) is 13.5. The Bertz CT molecular complexity index is 1000. The Hall–Kier alpha value is -3.25. The number of urea groups is 1. The molecule has 5 nitrogen and oxygen atoms in total. The van der Waals surface area contributed by atoms with Gasteiger partial charge in [-0.25, -0.2) is 4.79 Å². The number of nitrogens with zero attached hydrogens (tertiary/aromatic N) is 2. The number of carbonyl (C=O) groups is 2. The molecule has 1 N–H and O–H groups in total. The van der Waals surface area contributed by atoms with Gasteiger partial charge in [0.25, 0.3) is 0 Å². The summed E-state index contributed by atoms with van der Waals surface area (Å²) in [5.74, 6) is -0.0455. The van der Waals surface area contributed by atoms with E-state index in [4.69, 9.17) is 0 Å². The number of carbonyl (C=O) groups excluding carboxylic acids is 2. The van der Waals surface area contributed by atoms with Crippen LogP contribution in [-0.4, -0.2) is 19.0 Å². The first-order valence-corrected chi connectivity index (χ1v) is 9.67. The molecule has 0 atom stereocenters. The zero-order valence-electron chi connectivity index (χ0n) is 15.5. The van der Waals surface area contributed by atoms with E-state index in [2.05, 4.69) is 5.32 Å². The first kappa shape index (κ1) is 18.1. The molecule has 0 spiro atoms. The fourth-order valence-electron chi connectivity index (χ4n) is 3.05. The van der Waals surface area contributed by atoms with E-state index in [1.54, 1.807) is 40.7 Å². The summed E-state index contributed by atoms with van der Waals surface area (Å²) in [5.41, 5.74) is 3.16. The molecular formula is C22H19N3O2S. The lowest BCUT2D eigenvalue weighted by Crippen LogP contribution is -2.32. The third-order valence-electron chi connectivity index (χ3n) is 4.61. The summed E-state index contributed by atoms with van der Waals surface area (Å²) in [6.45, 7) is 1.51. The second-order valence-electron chi connectivity index (χ2n) is 6.43. The zero-order valence-corrected chi connectivity index (χ0v) is 16.4. The molecule has 3 aromatic rings. The maximum atomic E-state index is 13.2. The van der Waals surface area contributed by atoms with Crippen molar-refractivity contribution in [2.75, 3.05) is 22.2 Å². The normalized spacial score (nSPS) is 12.0. The third-order valence-corrected chi connectivity index (χ3v) is 5.74.